The van der Waals surface area contributed by atoms with Gasteiger partial charge in [-0.15, -0.1) is 0 Å². The second kappa shape index (κ2) is 5.69. The van der Waals surface area contributed by atoms with Crippen LogP contribution in [-0.4, -0.2) is 55.6 Å². The van der Waals surface area contributed by atoms with E-state index in [-0.39, 0.29) is 0 Å². The van der Waals surface area contributed by atoms with E-state index in [0.29, 0.717) is 6.04 Å². The average Bonchev–Trinajstić information content (AvgIpc) is 2.20. The summed E-state index contributed by atoms with van der Waals surface area (Å²) in [7, 11) is 4.36. The lowest BCUT2D eigenvalue weighted by atomic mass is 10.0. The number of likely N-dealkylation sites (tertiary alicyclic amines) is 1. The van der Waals surface area contributed by atoms with E-state index in [1.165, 1.54) is 32.4 Å². The average molecular weight is 199 g/mol. The number of nitrogens with two attached hydrogens (primary N) is 1. The van der Waals surface area contributed by atoms with Crippen molar-refractivity contribution in [3.8, 4) is 0 Å². The van der Waals surface area contributed by atoms with Crippen LogP contribution in [0.25, 0.3) is 0 Å². The molecule has 1 rings (SSSR count). The molecule has 14 heavy (non-hydrogen) atoms. The maximum absolute atomic E-state index is 5.78. The maximum Gasteiger partial charge on any atom is 0.0217 e. The van der Waals surface area contributed by atoms with E-state index in [9.17, 15) is 0 Å². The molecular formula is C11H25N3. The van der Waals surface area contributed by atoms with Crippen molar-refractivity contribution in [2.24, 2.45) is 5.73 Å². The van der Waals surface area contributed by atoms with E-state index >= 15 is 0 Å². The van der Waals surface area contributed by atoms with Gasteiger partial charge in [-0.05, 0) is 39.9 Å². The molecular weight excluding hydrogens is 174 g/mol. The molecule has 0 aromatic heterocycles. The molecule has 1 fully saturated rings. The highest BCUT2D eigenvalue weighted by Gasteiger charge is 2.24. The fourth-order valence-corrected chi connectivity index (χ4v) is 2.31. The van der Waals surface area contributed by atoms with E-state index < -0.39 is 0 Å². The van der Waals surface area contributed by atoms with E-state index in [1.54, 1.807) is 0 Å². The first-order valence-electron chi connectivity index (χ1n) is 5.79. The Bertz CT molecular complexity index is 155. The molecule has 0 aromatic carbocycles. The zero-order valence-electron chi connectivity index (χ0n) is 9.87. The summed E-state index contributed by atoms with van der Waals surface area (Å²) in [5.74, 6) is 0. The summed E-state index contributed by atoms with van der Waals surface area (Å²) in [5, 5.41) is 0. The zero-order valence-corrected chi connectivity index (χ0v) is 9.87. The number of hydrogen-bond donors (Lipinski definition) is 1. The van der Waals surface area contributed by atoms with Gasteiger partial charge in [0.2, 0.25) is 0 Å². The minimum Gasteiger partial charge on any atom is -0.329 e. The molecule has 2 atom stereocenters. The number of rotatable bonds is 4. The second-order valence-electron chi connectivity index (χ2n) is 4.55. The minimum absolute atomic E-state index is 0.595. The summed E-state index contributed by atoms with van der Waals surface area (Å²) < 4.78 is 0. The van der Waals surface area contributed by atoms with Gasteiger partial charge < -0.3 is 10.6 Å². The van der Waals surface area contributed by atoms with Gasteiger partial charge >= 0.3 is 0 Å². The van der Waals surface area contributed by atoms with Crippen LogP contribution in [0.3, 0.4) is 0 Å². The fourth-order valence-electron chi connectivity index (χ4n) is 2.31. The van der Waals surface area contributed by atoms with E-state index in [0.717, 1.165) is 12.6 Å². The first kappa shape index (κ1) is 12.0. The molecule has 0 aliphatic carbocycles. The first-order chi connectivity index (χ1) is 6.69. The zero-order chi connectivity index (χ0) is 10.6. The lowest BCUT2D eigenvalue weighted by molar-refractivity contribution is 0.0967. The maximum atomic E-state index is 5.78. The molecule has 3 heteroatoms. The summed E-state index contributed by atoms with van der Waals surface area (Å²) in [4.78, 5) is 4.91. The standard InChI is InChI=1S/C11H25N3/c1-4-10(8-12)14-7-5-6-11(9-14)13(2)3/h10-11H,4-9,12H2,1-3H3. The third-order valence-corrected chi connectivity index (χ3v) is 3.42. The van der Waals surface area contributed by atoms with Crippen molar-refractivity contribution < 1.29 is 0 Å². The van der Waals surface area contributed by atoms with Crippen LogP contribution in [0.2, 0.25) is 0 Å². The van der Waals surface area contributed by atoms with E-state index in [1.807, 2.05) is 0 Å². The van der Waals surface area contributed by atoms with Crippen LogP contribution in [0, 0.1) is 0 Å². The van der Waals surface area contributed by atoms with Gasteiger partial charge in [-0.3, -0.25) is 4.90 Å². The highest BCUT2D eigenvalue weighted by molar-refractivity contribution is 4.82. The molecule has 1 aliphatic heterocycles. The fraction of sp³-hybridized carbons (Fsp3) is 1.00. The molecule has 1 saturated heterocycles. The van der Waals surface area contributed by atoms with E-state index in [4.69, 9.17) is 5.73 Å². The van der Waals surface area contributed by atoms with Crippen molar-refractivity contribution in [2.75, 3.05) is 33.7 Å². The molecule has 84 valence electrons. The third-order valence-electron chi connectivity index (χ3n) is 3.42. The Hall–Kier alpha value is -0.120. The summed E-state index contributed by atoms with van der Waals surface area (Å²) >= 11 is 0. The van der Waals surface area contributed by atoms with Crippen molar-refractivity contribution in [2.45, 2.75) is 38.3 Å². The predicted octanol–water partition coefficient (Wildman–Crippen LogP) is 0.750. The molecule has 0 saturated carbocycles. The molecule has 1 aliphatic rings. The van der Waals surface area contributed by atoms with Gasteiger partial charge in [0.05, 0.1) is 0 Å². The van der Waals surface area contributed by atoms with Gasteiger partial charge in [0.15, 0.2) is 0 Å². The van der Waals surface area contributed by atoms with Gasteiger partial charge in [0, 0.05) is 25.2 Å². The first-order valence-corrected chi connectivity index (χ1v) is 5.79. The van der Waals surface area contributed by atoms with Crippen LogP contribution in [-0.2, 0) is 0 Å². The van der Waals surface area contributed by atoms with Gasteiger partial charge in [0.25, 0.3) is 0 Å². The largest absolute Gasteiger partial charge is 0.329 e. The van der Waals surface area contributed by atoms with E-state index in [2.05, 4.69) is 30.8 Å². The SMILES string of the molecule is CCC(CN)N1CCCC(N(C)C)C1. The Morgan fingerprint density at radius 1 is 1.50 bits per heavy atom. The van der Waals surface area contributed by atoms with Crippen molar-refractivity contribution in [1.29, 1.82) is 0 Å². The molecule has 2 N–H and O–H groups in total. The van der Waals surface area contributed by atoms with Crippen LogP contribution >= 0.6 is 0 Å². The Balaban J connectivity index is 2.46. The van der Waals surface area contributed by atoms with Gasteiger partial charge in [-0.2, -0.15) is 0 Å². The Kier molecular flexibility index (Phi) is 4.85. The lowest BCUT2D eigenvalue weighted by Gasteiger charge is -2.40. The highest BCUT2D eigenvalue weighted by Crippen LogP contribution is 2.16. The topological polar surface area (TPSA) is 32.5 Å². The summed E-state index contributed by atoms with van der Waals surface area (Å²) in [6.07, 6.45) is 3.83. The minimum atomic E-state index is 0.595. The molecule has 0 aromatic rings. The molecule has 3 nitrogen and oxygen atoms in total. The number of hydrogen-bond acceptors (Lipinski definition) is 3. The molecule has 0 amide bonds. The predicted molar refractivity (Wildman–Crippen MR) is 61.4 cm³/mol. The normalized spacial score (nSPS) is 26.8. The summed E-state index contributed by atoms with van der Waals surface area (Å²) in [5.41, 5.74) is 5.78. The molecule has 1 heterocycles. The third kappa shape index (κ3) is 2.94. The van der Waals surface area contributed by atoms with Crippen LogP contribution in [0.4, 0.5) is 0 Å². The Labute approximate surface area is 88.2 Å². The number of likely N-dealkylation sites (N-methyl/N-ethyl adjacent to an activating group) is 1. The summed E-state index contributed by atoms with van der Waals surface area (Å²) in [6, 6.07) is 1.32. The number of nitrogens with zero attached hydrogens (tertiary/aromatic N) is 2. The van der Waals surface area contributed by atoms with Crippen molar-refractivity contribution >= 4 is 0 Å². The van der Waals surface area contributed by atoms with Crippen molar-refractivity contribution in [3.05, 3.63) is 0 Å². The molecule has 0 spiro atoms. The lowest BCUT2D eigenvalue weighted by Crippen LogP contribution is -2.51. The quantitative estimate of drug-likeness (QED) is 0.725. The summed E-state index contributed by atoms with van der Waals surface area (Å²) in [6.45, 7) is 5.47. The van der Waals surface area contributed by atoms with Crippen LogP contribution in [0.15, 0.2) is 0 Å². The van der Waals surface area contributed by atoms with Gasteiger partial charge in [0.1, 0.15) is 0 Å². The highest BCUT2D eigenvalue weighted by atomic mass is 15.2. The van der Waals surface area contributed by atoms with Crippen LogP contribution in [0.5, 0.6) is 0 Å². The Morgan fingerprint density at radius 2 is 2.21 bits per heavy atom. The number of piperidine rings is 1. The molecule has 2 unspecified atom stereocenters. The monoisotopic (exact) mass is 199 g/mol. The smallest absolute Gasteiger partial charge is 0.0217 e. The van der Waals surface area contributed by atoms with Crippen LogP contribution < -0.4 is 5.73 Å². The Morgan fingerprint density at radius 3 is 2.71 bits per heavy atom. The van der Waals surface area contributed by atoms with Crippen LogP contribution in [0.1, 0.15) is 26.2 Å². The van der Waals surface area contributed by atoms with Gasteiger partial charge in [-0.1, -0.05) is 6.92 Å². The van der Waals surface area contributed by atoms with Gasteiger partial charge in [-0.25, -0.2) is 0 Å². The second-order valence-corrected chi connectivity index (χ2v) is 4.55. The molecule has 0 radical (unpaired) electrons. The van der Waals surface area contributed by atoms with Crippen molar-refractivity contribution in [3.63, 3.8) is 0 Å². The van der Waals surface area contributed by atoms with Crippen molar-refractivity contribution in [1.82, 2.24) is 9.80 Å². The molecule has 0 bridgehead atoms.